The first-order valence-electron chi connectivity index (χ1n) is 5.66. The number of nitrogens with one attached hydrogen (secondary N) is 1. The Labute approximate surface area is 124 Å². The lowest BCUT2D eigenvalue weighted by molar-refractivity contribution is 0.473. The zero-order chi connectivity index (χ0) is 13.8. The monoisotopic (exact) mass is 343 g/mol. The minimum absolute atomic E-state index is 0.360. The Hall–Kier alpha value is -1.10. The Balaban J connectivity index is 2.25. The van der Waals surface area contributed by atoms with Gasteiger partial charge in [0.25, 0.3) is 0 Å². The molecule has 5 heteroatoms. The molecule has 0 bridgehead atoms. The number of benzene rings is 2. The maximum atomic E-state index is 13.2. The van der Waals surface area contributed by atoms with Crippen LogP contribution in [0, 0.1) is 5.82 Å². The normalized spacial score (nSPS) is 10.5. The van der Waals surface area contributed by atoms with E-state index in [-0.39, 0.29) is 5.82 Å². The van der Waals surface area contributed by atoms with Crippen LogP contribution < -0.4 is 10.1 Å². The summed E-state index contributed by atoms with van der Waals surface area (Å²) in [6.45, 7) is 0.726. The molecule has 0 spiro atoms. The van der Waals surface area contributed by atoms with Crippen molar-refractivity contribution in [3.8, 4) is 11.5 Å². The zero-order valence-corrected chi connectivity index (χ0v) is 12.6. The number of ether oxygens (including phenoxy) is 1. The molecule has 0 atom stereocenters. The van der Waals surface area contributed by atoms with Gasteiger partial charge >= 0.3 is 0 Å². The predicted molar refractivity (Wildman–Crippen MR) is 78.4 cm³/mol. The van der Waals surface area contributed by atoms with E-state index in [2.05, 4.69) is 21.2 Å². The third-order valence-electron chi connectivity index (χ3n) is 2.49. The average molecular weight is 345 g/mol. The van der Waals surface area contributed by atoms with Crippen LogP contribution in [0.5, 0.6) is 11.5 Å². The first kappa shape index (κ1) is 14.3. The highest BCUT2D eigenvalue weighted by atomic mass is 79.9. The summed E-state index contributed by atoms with van der Waals surface area (Å²) in [5.74, 6) is 0.525. The summed E-state index contributed by atoms with van der Waals surface area (Å²) in [5.41, 5.74) is 1.05. The Morgan fingerprint density at radius 2 is 2.00 bits per heavy atom. The maximum Gasteiger partial charge on any atom is 0.146 e. The van der Waals surface area contributed by atoms with Crippen LogP contribution in [-0.4, -0.2) is 7.05 Å². The van der Waals surface area contributed by atoms with E-state index in [1.165, 1.54) is 12.1 Å². The van der Waals surface area contributed by atoms with Crippen LogP contribution in [0.25, 0.3) is 0 Å². The summed E-state index contributed by atoms with van der Waals surface area (Å²) in [6, 6.07) is 9.75. The molecule has 0 unspecified atom stereocenters. The van der Waals surface area contributed by atoms with Crippen molar-refractivity contribution in [1.82, 2.24) is 5.32 Å². The standard InChI is InChI=1S/C14H12BrClFNO/c1-18-8-9-2-5-13(12(16)6-9)19-14-7-10(17)3-4-11(14)15/h2-7,18H,8H2,1H3. The van der Waals surface area contributed by atoms with Gasteiger partial charge < -0.3 is 10.1 Å². The molecule has 0 aliphatic rings. The van der Waals surface area contributed by atoms with Gasteiger partial charge in [-0.25, -0.2) is 4.39 Å². The molecule has 100 valence electrons. The molecule has 0 aliphatic heterocycles. The van der Waals surface area contributed by atoms with Crippen LogP contribution in [-0.2, 0) is 6.54 Å². The molecule has 0 aromatic heterocycles. The zero-order valence-electron chi connectivity index (χ0n) is 10.2. The van der Waals surface area contributed by atoms with Crippen molar-refractivity contribution in [2.45, 2.75) is 6.54 Å². The van der Waals surface area contributed by atoms with Gasteiger partial charge in [-0.2, -0.15) is 0 Å². The van der Waals surface area contributed by atoms with Gasteiger partial charge in [0, 0.05) is 12.6 Å². The highest BCUT2D eigenvalue weighted by molar-refractivity contribution is 9.10. The number of hydrogen-bond acceptors (Lipinski definition) is 2. The highest BCUT2D eigenvalue weighted by Gasteiger charge is 2.08. The minimum atomic E-state index is -0.360. The first-order valence-corrected chi connectivity index (χ1v) is 6.83. The third-order valence-corrected chi connectivity index (χ3v) is 3.44. The second-order valence-corrected chi connectivity index (χ2v) is 5.23. The SMILES string of the molecule is CNCc1ccc(Oc2cc(F)ccc2Br)c(Cl)c1. The van der Waals surface area contributed by atoms with E-state index in [0.29, 0.717) is 21.0 Å². The van der Waals surface area contributed by atoms with E-state index in [9.17, 15) is 4.39 Å². The summed E-state index contributed by atoms with van der Waals surface area (Å²) in [7, 11) is 1.86. The Morgan fingerprint density at radius 3 is 2.68 bits per heavy atom. The molecule has 19 heavy (non-hydrogen) atoms. The quantitative estimate of drug-likeness (QED) is 0.864. The molecule has 0 amide bonds. The average Bonchev–Trinajstić information content (AvgIpc) is 2.37. The molecule has 2 nitrogen and oxygen atoms in total. The van der Waals surface area contributed by atoms with Crippen LogP contribution in [0.3, 0.4) is 0 Å². The van der Waals surface area contributed by atoms with Gasteiger partial charge in [-0.1, -0.05) is 17.7 Å². The number of halogens is 3. The molecule has 2 aromatic rings. The topological polar surface area (TPSA) is 21.3 Å². The number of hydrogen-bond donors (Lipinski definition) is 1. The highest BCUT2D eigenvalue weighted by Crippen LogP contribution is 2.34. The van der Waals surface area contributed by atoms with Crippen LogP contribution in [0.1, 0.15) is 5.56 Å². The first-order chi connectivity index (χ1) is 9.10. The summed E-state index contributed by atoms with van der Waals surface area (Å²) < 4.78 is 19.5. The predicted octanol–water partition coefficient (Wildman–Crippen LogP) is 4.75. The van der Waals surface area contributed by atoms with Crippen molar-refractivity contribution in [1.29, 1.82) is 0 Å². The van der Waals surface area contributed by atoms with Gasteiger partial charge in [-0.15, -0.1) is 0 Å². The van der Waals surface area contributed by atoms with Gasteiger partial charge in [-0.3, -0.25) is 0 Å². The van der Waals surface area contributed by atoms with Gasteiger partial charge in [0.2, 0.25) is 0 Å². The Morgan fingerprint density at radius 1 is 1.21 bits per heavy atom. The van der Waals surface area contributed by atoms with E-state index in [1.54, 1.807) is 12.1 Å². The lowest BCUT2D eigenvalue weighted by atomic mass is 10.2. The van der Waals surface area contributed by atoms with Crippen molar-refractivity contribution in [3.63, 3.8) is 0 Å². The van der Waals surface area contributed by atoms with Crippen LogP contribution in [0.15, 0.2) is 40.9 Å². The Kier molecular flexibility index (Phi) is 4.80. The van der Waals surface area contributed by atoms with Crippen molar-refractivity contribution < 1.29 is 9.13 Å². The van der Waals surface area contributed by atoms with Crippen molar-refractivity contribution >= 4 is 27.5 Å². The summed E-state index contributed by atoms with van der Waals surface area (Å²) in [5, 5.41) is 3.53. The van der Waals surface area contributed by atoms with Gasteiger partial charge in [0.15, 0.2) is 0 Å². The van der Waals surface area contributed by atoms with Crippen LogP contribution in [0.4, 0.5) is 4.39 Å². The molecule has 0 saturated heterocycles. The molecular formula is C14H12BrClFNO. The lowest BCUT2D eigenvalue weighted by Crippen LogP contribution is -2.04. The molecule has 0 fully saturated rings. The van der Waals surface area contributed by atoms with Crippen molar-refractivity contribution in [2.75, 3.05) is 7.05 Å². The van der Waals surface area contributed by atoms with Crippen LogP contribution >= 0.6 is 27.5 Å². The van der Waals surface area contributed by atoms with E-state index >= 15 is 0 Å². The van der Waals surface area contributed by atoms with E-state index in [1.807, 2.05) is 19.2 Å². The molecule has 1 N–H and O–H groups in total. The molecule has 0 heterocycles. The summed E-state index contributed by atoms with van der Waals surface area (Å²) >= 11 is 9.45. The molecule has 0 saturated carbocycles. The Bertz CT molecular complexity index is 592. The van der Waals surface area contributed by atoms with Crippen LogP contribution in [0.2, 0.25) is 5.02 Å². The molecular weight excluding hydrogens is 333 g/mol. The van der Waals surface area contributed by atoms with E-state index < -0.39 is 0 Å². The van der Waals surface area contributed by atoms with Crippen molar-refractivity contribution in [3.05, 3.63) is 57.3 Å². The van der Waals surface area contributed by atoms with Gasteiger partial charge in [0.05, 0.1) is 9.50 Å². The second kappa shape index (κ2) is 6.37. The molecule has 0 aliphatic carbocycles. The summed E-state index contributed by atoms with van der Waals surface area (Å²) in [4.78, 5) is 0. The smallest absolute Gasteiger partial charge is 0.146 e. The molecule has 2 rings (SSSR count). The van der Waals surface area contributed by atoms with Gasteiger partial charge in [0.1, 0.15) is 17.3 Å². The van der Waals surface area contributed by atoms with E-state index in [0.717, 1.165) is 12.1 Å². The fraction of sp³-hybridized carbons (Fsp3) is 0.143. The third kappa shape index (κ3) is 3.69. The molecule has 2 aromatic carbocycles. The second-order valence-electron chi connectivity index (χ2n) is 3.97. The fourth-order valence-corrected chi connectivity index (χ4v) is 2.18. The van der Waals surface area contributed by atoms with Gasteiger partial charge in [-0.05, 0) is 52.8 Å². The van der Waals surface area contributed by atoms with E-state index in [4.69, 9.17) is 16.3 Å². The number of rotatable bonds is 4. The largest absolute Gasteiger partial charge is 0.455 e. The maximum absolute atomic E-state index is 13.2. The fourth-order valence-electron chi connectivity index (χ4n) is 1.62. The minimum Gasteiger partial charge on any atom is -0.455 e. The lowest BCUT2D eigenvalue weighted by Gasteiger charge is -2.10. The van der Waals surface area contributed by atoms with Crippen molar-refractivity contribution in [2.24, 2.45) is 0 Å². The molecule has 0 radical (unpaired) electrons. The summed E-state index contributed by atoms with van der Waals surface area (Å²) in [6.07, 6.45) is 0.